The summed E-state index contributed by atoms with van der Waals surface area (Å²) in [6.07, 6.45) is 2.22. The number of hydrogen-bond acceptors (Lipinski definition) is 6. The van der Waals surface area contributed by atoms with Crippen LogP contribution in [0.2, 0.25) is 0 Å². The number of sulfonamides is 1. The van der Waals surface area contributed by atoms with Crippen LogP contribution < -0.4 is 4.72 Å². The number of rotatable bonds is 11. The summed E-state index contributed by atoms with van der Waals surface area (Å²) in [6, 6.07) is 28.2. The molecular formula is C30H30N4O3S2. The second kappa shape index (κ2) is 12.0. The van der Waals surface area contributed by atoms with Crippen molar-refractivity contribution in [3.05, 3.63) is 120 Å². The number of nitrogens with one attached hydrogen (secondary N) is 1. The zero-order chi connectivity index (χ0) is 27.2. The highest BCUT2D eigenvalue weighted by atomic mass is 32.2. The van der Waals surface area contributed by atoms with Crippen LogP contribution in [-0.2, 0) is 16.6 Å². The predicted octanol–water partition coefficient (Wildman–Crippen LogP) is 6.41. The van der Waals surface area contributed by atoms with Crippen LogP contribution in [0.15, 0.2) is 112 Å². The van der Waals surface area contributed by atoms with Crippen LogP contribution in [0.4, 0.5) is 0 Å². The van der Waals surface area contributed by atoms with E-state index in [4.69, 9.17) is 4.42 Å². The van der Waals surface area contributed by atoms with Crippen LogP contribution in [0, 0.1) is 13.8 Å². The Balaban J connectivity index is 1.37. The normalized spacial score (nSPS) is 12.5. The molecule has 0 radical (unpaired) electrons. The molecule has 1 unspecified atom stereocenters. The van der Waals surface area contributed by atoms with Crippen molar-refractivity contribution >= 4 is 21.8 Å². The van der Waals surface area contributed by atoms with Gasteiger partial charge in [-0.05, 0) is 49.6 Å². The lowest BCUT2D eigenvalue weighted by Crippen LogP contribution is -2.29. The predicted molar refractivity (Wildman–Crippen MR) is 154 cm³/mol. The van der Waals surface area contributed by atoms with Gasteiger partial charge in [-0.1, -0.05) is 90.1 Å². The summed E-state index contributed by atoms with van der Waals surface area (Å²) in [4.78, 5) is 0.254. The van der Waals surface area contributed by atoms with Crippen LogP contribution in [0.3, 0.4) is 0 Å². The van der Waals surface area contributed by atoms with Crippen LogP contribution in [0.5, 0.6) is 0 Å². The van der Waals surface area contributed by atoms with Gasteiger partial charge in [-0.3, -0.25) is 4.57 Å². The van der Waals surface area contributed by atoms with Crippen LogP contribution in [0.25, 0.3) is 11.4 Å². The Hall–Kier alpha value is -3.66. The van der Waals surface area contributed by atoms with Crippen molar-refractivity contribution in [2.45, 2.75) is 42.9 Å². The summed E-state index contributed by atoms with van der Waals surface area (Å²) in [5.41, 5.74) is 3.96. The van der Waals surface area contributed by atoms with Gasteiger partial charge in [0.2, 0.25) is 10.0 Å². The maximum Gasteiger partial charge on any atom is 0.241 e. The standard InChI is InChI=1S/C30H30N4O3S2/c1-22-13-15-26(16-14-22)39(35,36)33-28(25-11-7-4-8-12-25)18-20-38-30-32-31-29(27-17-19-37-23(27)2)34(30)21-24-9-5-3-6-10-24/h3-17,19,28,33H,18,20-21H2,1-2H3. The lowest BCUT2D eigenvalue weighted by atomic mass is 10.1. The topological polar surface area (TPSA) is 90.0 Å². The number of aromatic nitrogens is 3. The summed E-state index contributed by atoms with van der Waals surface area (Å²) in [5.74, 6) is 2.16. The molecule has 3 aromatic carbocycles. The summed E-state index contributed by atoms with van der Waals surface area (Å²) in [5, 5.41) is 9.77. The second-order valence-corrected chi connectivity index (χ2v) is 12.1. The highest BCUT2D eigenvalue weighted by molar-refractivity contribution is 7.99. The van der Waals surface area contributed by atoms with E-state index in [0.717, 1.165) is 39.0 Å². The molecule has 1 N–H and O–H groups in total. The summed E-state index contributed by atoms with van der Waals surface area (Å²) in [6.45, 7) is 4.45. The zero-order valence-corrected chi connectivity index (χ0v) is 23.5. The Kier molecular flexibility index (Phi) is 8.30. The van der Waals surface area contributed by atoms with Gasteiger partial charge in [-0.2, -0.15) is 0 Å². The van der Waals surface area contributed by atoms with E-state index in [9.17, 15) is 8.42 Å². The minimum Gasteiger partial charge on any atom is -0.469 e. The summed E-state index contributed by atoms with van der Waals surface area (Å²) < 4.78 is 37.0. The van der Waals surface area contributed by atoms with Gasteiger partial charge in [-0.15, -0.1) is 10.2 Å². The first-order valence-corrected chi connectivity index (χ1v) is 15.2. The van der Waals surface area contributed by atoms with Crippen LogP contribution in [0.1, 0.15) is 34.9 Å². The minimum absolute atomic E-state index is 0.254. The molecule has 0 aliphatic carbocycles. The number of furan rings is 1. The SMILES string of the molecule is Cc1ccc(S(=O)(=O)NC(CCSc2nnc(-c3ccoc3C)n2Cc2ccccc2)c2ccccc2)cc1. The van der Waals surface area contributed by atoms with Gasteiger partial charge in [-0.25, -0.2) is 13.1 Å². The molecule has 7 nitrogen and oxygen atoms in total. The maximum atomic E-state index is 13.2. The molecule has 0 amide bonds. The molecule has 39 heavy (non-hydrogen) atoms. The lowest BCUT2D eigenvalue weighted by Gasteiger charge is -2.19. The Morgan fingerprint density at radius 3 is 2.26 bits per heavy atom. The van der Waals surface area contributed by atoms with Gasteiger partial charge >= 0.3 is 0 Å². The van der Waals surface area contributed by atoms with Gasteiger partial charge in [0, 0.05) is 11.8 Å². The van der Waals surface area contributed by atoms with Gasteiger partial charge in [0.05, 0.1) is 23.3 Å². The largest absolute Gasteiger partial charge is 0.469 e. The quantitative estimate of drug-likeness (QED) is 0.189. The van der Waals surface area contributed by atoms with E-state index in [1.165, 1.54) is 0 Å². The lowest BCUT2D eigenvalue weighted by molar-refractivity contribution is 0.534. The first-order valence-electron chi connectivity index (χ1n) is 12.7. The van der Waals surface area contributed by atoms with Crippen molar-refractivity contribution in [2.24, 2.45) is 0 Å². The fraction of sp³-hybridized carbons (Fsp3) is 0.200. The van der Waals surface area contributed by atoms with E-state index in [1.807, 2.05) is 68.4 Å². The average molecular weight is 559 g/mol. The van der Waals surface area contributed by atoms with Crippen LogP contribution >= 0.6 is 11.8 Å². The fourth-order valence-corrected chi connectivity index (χ4v) is 6.54. The van der Waals surface area contributed by atoms with Gasteiger partial charge in [0.15, 0.2) is 11.0 Å². The third-order valence-corrected chi connectivity index (χ3v) is 8.96. The molecule has 5 aromatic rings. The number of nitrogens with zero attached hydrogens (tertiary/aromatic N) is 3. The number of benzene rings is 3. The molecule has 2 aromatic heterocycles. The van der Waals surface area contributed by atoms with Crippen molar-refractivity contribution in [3.63, 3.8) is 0 Å². The molecule has 0 fully saturated rings. The highest BCUT2D eigenvalue weighted by Crippen LogP contribution is 2.30. The third-order valence-electron chi connectivity index (χ3n) is 6.47. The Morgan fingerprint density at radius 1 is 0.897 bits per heavy atom. The Labute approximate surface area is 233 Å². The van der Waals surface area contributed by atoms with Crippen LogP contribution in [-0.4, -0.2) is 28.9 Å². The molecule has 0 spiro atoms. The Morgan fingerprint density at radius 2 is 1.59 bits per heavy atom. The molecule has 9 heteroatoms. The molecule has 2 heterocycles. The average Bonchev–Trinajstić information content (AvgIpc) is 3.54. The minimum atomic E-state index is -3.70. The Bertz CT molecular complexity index is 1610. The van der Waals surface area contributed by atoms with Crippen molar-refractivity contribution in [1.29, 1.82) is 0 Å². The number of thioether (sulfide) groups is 1. The van der Waals surface area contributed by atoms with Gasteiger partial charge in [0.25, 0.3) is 0 Å². The molecule has 1 atom stereocenters. The van der Waals surface area contributed by atoms with E-state index in [-0.39, 0.29) is 4.90 Å². The molecule has 0 saturated heterocycles. The maximum absolute atomic E-state index is 13.2. The fourth-order valence-electron chi connectivity index (χ4n) is 4.34. The van der Waals surface area contributed by atoms with Crippen molar-refractivity contribution in [1.82, 2.24) is 19.5 Å². The number of aryl methyl sites for hydroxylation is 2. The first-order chi connectivity index (χ1) is 18.9. The molecular weight excluding hydrogens is 528 g/mol. The third kappa shape index (κ3) is 6.50. The number of hydrogen-bond donors (Lipinski definition) is 1. The highest BCUT2D eigenvalue weighted by Gasteiger charge is 2.23. The molecule has 5 rings (SSSR count). The van der Waals surface area contributed by atoms with E-state index < -0.39 is 16.1 Å². The molecule has 0 bridgehead atoms. The smallest absolute Gasteiger partial charge is 0.241 e. The van der Waals surface area contributed by atoms with Gasteiger partial charge < -0.3 is 4.42 Å². The van der Waals surface area contributed by atoms with E-state index in [0.29, 0.717) is 18.7 Å². The molecule has 0 aliphatic rings. The van der Waals surface area contributed by atoms with Crippen molar-refractivity contribution in [2.75, 3.05) is 5.75 Å². The zero-order valence-electron chi connectivity index (χ0n) is 21.8. The molecule has 200 valence electrons. The van der Waals surface area contributed by atoms with Crippen molar-refractivity contribution in [3.8, 4) is 11.4 Å². The van der Waals surface area contributed by atoms with Crippen molar-refractivity contribution < 1.29 is 12.8 Å². The van der Waals surface area contributed by atoms with Gasteiger partial charge in [0.1, 0.15) is 5.76 Å². The van der Waals surface area contributed by atoms with E-state index in [2.05, 4.69) is 31.6 Å². The molecule has 0 saturated carbocycles. The summed E-state index contributed by atoms with van der Waals surface area (Å²) in [7, 11) is -3.70. The summed E-state index contributed by atoms with van der Waals surface area (Å²) >= 11 is 1.56. The molecule has 0 aliphatic heterocycles. The monoisotopic (exact) mass is 558 g/mol. The first kappa shape index (κ1) is 26.9. The second-order valence-electron chi connectivity index (χ2n) is 9.30. The van der Waals surface area contributed by atoms with E-state index in [1.54, 1.807) is 42.3 Å². The van der Waals surface area contributed by atoms with E-state index >= 15 is 0 Å².